The molecule has 5 heteroatoms. The van der Waals surface area contributed by atoms with Crippen LogP contribution in [0.4, 0.5) is 0 Å². The average Bonchev–Trinajstić information content (AvgIpc) is 3.04. The van der Waals surface area contributed by atoms with E-state index in [1.54, 1.807) is 0 Å². The number of carbonyl (C=O) groups is 1. The van der Waals surface area contributed by atoms with Crippen molar-refractivity contribution in [1.29, 1.82) is 0 Å². The van der Waals surface area contributed by atoms with Gasteiger partial charge in [0.2, 0.25) is 0 Å². The number of benzene rings is 1. The summed E-state index contributed by atoms with van der Waals surface area (Å²) in [4.78, 5) is 14.4. The lowest BCUT2D eigenvalue weighted by Gasteiger charge is -2.34. The van der Waals surface area contributed by atoms with E-state index in [1.165, 1.54) is 0 Å². The SMILES string of the molecule is NCC1CCC(C(=O)N2CCOC(c3ccccc3)C2)O1. The second-order valence-electron chi connectivity index (χ2n) is 5.61. The summed E-state index contributed by atoms with van der Waals surface area (Å²) in [7, 11) is 0. The highest BCUT2D eigenvalue weighted by molar-refractivity contribution is 5.81. The smallest absolute Gasteiger partial charge is 0.251 e. The lowest BCUT2D eigenvalue weighted by molar-refractivity contribution is -0.150. The van der Waals surface area contributed by atoms with Gasteiger partial charge in [-0.1, -0.05) is 30.3 Å². The Bertz CT molecular complexity index is 480. The first-order valence-electron chi connectivity index (χ1n) is 7.59. The predicted molar refractivity (Wildman–Crippen MR) is 78.7 cm³/mol. The summed E-state index contributed by atoms with van der Waals surface area (Å²) in [6.07, 6.45) is 1.31. The monoisotopic (exact) mass is 290 g/mol. The number of ether oxygens (including phenoxy) is 2. The van der Waals surface area contributed by atoms with Gasteiger partial charge in [0.05, 0.1) is 19.3 Å². The first kappa shape index (κ1) is 14.5. The molecular weight excluding hydrogens is 268 g/mol. The van der Waals surface area contributed by atoms with Crippen LogP contribution < -0.4 is 5.73 Å². The van der Waals surface area contributed by atoms with E-state index in [2.05, 4.69) is 0 Å². The minimum atomic E-state index is -0.326. The highest BCUT2D eigenvalue weighted by Gasteiger charge is 2.35. The Hall–Kier alpha value is -1.43. The zero-order valence-electron chi connectivity index (χ0n) is 12.1. The number of carbonyl (C=O) groups excluding carboxylic acids is 1. The second kappa shape index (κ2) is 6.56. The van der Waals surface area contributed by atoms with Gasteiger partial charge in [-0.25, -0.2) is 0 Å². The molecular formula is C16H22N2O3. The zero-order chi connectivity index (χ0) is 14.7. The first-order valence-corrected chi connectivity index (χ1v) is 7.59. The quantitative estimate of drug-likeness (QED) is 0.905. The Balaban J connectivity index is 1.62. The molecule has 0 bridgehead atoms. The standard InChI is InChI=1S/C16H22N2O3/c17-10-13-6-7-14(21-13)16(19)18-8-9-20-15(11-18)12-4-2-1-3-5-12/h1-5,13-15H,6-11,17H2. The molecule has 2 saturated heterocycles. The number of hydrogen-bond acceptors (Lipinski definition) is 4. The highest BCUT2D eigenvalue weighted by atomic mass is 16.5. The Morgan fingerprint density at radius 2 is 2.10 bits per heavy atom. The second-order valence-corrected chi connectivity index (χ2v) is 5.61. The van der Waals surface area contributed by atoms with Crippen molar-refractivity contribution in [2.75, 3.05) is 26.2 Å². The van der Waals surface area contributed by atoms with Crippen LogP contribution in [-0.4, -0.2) is 49.3 Å². The Kier molecular flexibility index (Phi) is 4.53. The molecule has 2 fully saturated rings. The summed E-state index contributed by atoms with van der Waals surface area (Å²) in [5.41, 5.74) is 6.72. The molecule has 3 rings (SSSR count). The minimum Gasteiger partial charge on any atom is -0.370 e. The first-order chi connectivity index (χ1) is 10.3. The zero-order valence-corrected chi connectivity index (χ0v) is 12.1. The molecule has 0 saturated carbocycles. The number of amides is 1. The van der Waals surface area contributed by atoms with E-state index >= 15 is 0 Å². The fourth-order valence-electron chi connectivity index (χ4n) is 2.98. The number of nitrogens with zero attached hydrogens (tertiary/aromatic N) is 1. The molecule has 5 nitrogen and oxygen atoms in total. The van der Waals surface area contributed by atoms with Crippen molar-refractivity contribution in [2.24, 2.45) is 5.73 Å². The third-order valence-corrected chi connectivity index (χ3v) is 4.20. The third kappa shape index (κ3) is 3.26. The maximum atomic E-state index is 12.5. The van der Waals surface area contributed by atoms with Gasteiger partial charge >= 0.3 is 0 Å². The van der Waals surface area contributed by atoms with Crippen LogP contribution >= 0.6 is 0 Å². The van der Waals surface area contributed by atoms with Crippen LogP contribution in [0, 0.1) is 0 Å². The van der Waals surface area contributed by atoms with Crippen LogP contribution in [-0.2, 0) is 14.3 Å². The lowest BCUT2D eigenvalue weighted by Crippen LogP contribution is -2.46. The van der Waals surface area contributed by atoms with Crippen LogP contribution in [0.15, 0.2) is 30.3 Å². The molecule has 3 atom stereocenters. The van der Waals surface area contributed by atoms with Crippen molar-refractivity contribution >= 4 is 5.91 Å². The Morgan fingerprint density at radius 3 is 2.81 bits per heavy atom. The van der Waals surface area contributed by atoms with Crippen LogP contribution in [0.3, 0.4) is 0 Å². The van der Waals surface area contributed by atoms with E-state index in [1.807, 2.05) is 35.2 Å². The van der Waals surface area contributed by atoms with Gasteiger partial charge in [0, 0.05) is 13.1 Å². The van der Waals surface area contributed by atoms with Crippen molar-refractivity contribution in [2.45, 2.75) is 31.2 Å². The van der Waals surface area contributed by atoms with Crippen molar-refractivity contribution < 1.29 is 14.3 Å². The van der Waals surface area contributed by atoms with E-state index in [9.17, 15) is 4.79 Å². The molecule has 2 aliphatic rings. The Labute approximate surface area is 125 Å². The summed E-state index contributed by atoms with van der Waals surface area (Å²) in [5.74, 6) is 0.0789. The fraction of sp³-hybridized carbons (Fsp3) is 0.562. The van der Waals surface area contributed by atoms with Crippen LogP contribution in [0.5, 0.6) is 0 Å². The van der Waals surface area contributed by atoms with Gasteiger partial charge in [-0.15, -0.1) is 0 Å². The molecule has 3 unspecified atom stereocenters. The predicted octanol–water partition coefficient (Wildman–Crippen LogP) is 1.09. The molecule has 2 heterocycles. The van der Waals surface area contributed by atoms with E-state index in [-0.39, 0.29) is 24.2 Å². The largest absolute Gasteiger partial charge is 0.370 e. The van der Waals surface area contributed by atoms with Crippen LogP contribution in [0.2, 0.25) is 0 Å². The summed E-state index contributed by atoms with van der Waals surface area (Å²) < 4.78 is 11.5. The number of rotatable bonds is 3. The van der Waals surface area contributed by atoms with Gasteiger partial charge in [0.1, 0.15) is 12.2 Å². The van der Waals surface area contributed by atoms with Crippen molar-refractivity contribution in [1.82, 2.24) is 4.90 Å². The highest BCUT2D eigenvalue weighted by Crippen LogP contribution is 2.25. The summed E-state index contributed by atoms with van der Waals surface area (Å²) in [6.45, 7) is 2.28. The molecule has 1 amide bonds. The molecule has 0 spiro atoms. The van der Waals surface area contributed by atoms with Crippen molar-refractivity contribution in [3.05, 3.63) is 35.9 Å². The Morgan fingerprint density at radius 1 is 1.29 bits per heavy atom. The topological polar surface area (TPSA) is 64.8 Å². The van der Waals surface area contributed by atoms with Crippen molar-refractivity contribution in [3.63, 3.8) is 0 Å². The van der Waals surface area contributed by atoms with Gasteiger partial charge < -0.3 is 20.1 Å². The number of morpholine rings is 1. The van der Waals surface area contributed by atoms with E-state index in [4.69, 9.17) is 15.2 Å². The lowest BCUT2D eigenvalue weighted by atomic mass is 10.1. The van der Waals surface area contributed by atoms with Crippen LogP contribution in [0.1, 0.15) is 24.5 Å². The van der Waals surface area contributed by atoms with Crippen LogP contribution in [0.25, 0.3) is 0 Å². The molecule has 21 heavy (non-hydrogen) atoms. The van der Waals surface area contributed by atoms with Gasteiger partial charge in [-0.05, 0) is 18.4 Å². The van der Waals surface area contributed by atoms with E-state index < -0.39 is 0 Å². The van der Waals surface area contributed by atoms with Gasteiger partial charge in [0.25, 0.3) is 5.91 Å². The molecule has 1 aromatic carbocycles. The number of hydrogen-bond donors (Lipinski definition) is 1. The minimum absolute atomic E-state index is 0.0323. The maximum Gasteiger partial charge on any atom is 0.251 e. The summed E-state index contributed by atoms with van der Waals surface area (Å²) in [5, 5.41) is 0. The molecule has 2 aliphatic heterocycles. The average molecular weight is 290 g/mol. The number of nitrogens with two attached hydrogens (primary N) is 1. The fourth-order valence-corrected chi connectivity index (χ4v) is 2.98. The molecule has 0 aromatic heterocycles. The maximum absolute atomic E-state index is 12.5. The normalized spacial score (nSPS) is 29.6. The molecule has 0 aliphatic carbocycles. The molecule has 0 radical (unpaired) electrons. The van der Waals surface area contributed by atoms with Gasteiger partial charge in [0.15, 0.2) is 0 Å². The molecule has 1 aromatic rings. The summed E-state index contributed by atoms with van der Waals surface area (Å²) in [6, 6.07) is 10.0. The van der Waals surface area contributed by atoms with Gasteiger partial charge in [-0.3, -0.25) is 4.79 Å². The van der Waals surface area contributed by atoms with E-state index in [0.29, 0.717) is 26.2 Å². The molecule has 2 N–H and O–H groups in total. The van der Waals surface area contributed by atoms with E-state index in [0.717, 1.165) is 18.4 Å². The summed E-state index contributed by atoms with van der Waals surface area (Å²) >= 11 is 0. The third-order valence-electron chi connectivity index (χ3n) is 4.20. The van der Waals surface area contributed by atoms with Crippen molar-refractivity contribution in [3.8, 4) is 0 Å². The van der Waals surface area contributed by atoms with Gasteiger partial charge in [-0.2, -0.15) is 0 Å². The molecule has 114 valence electrons.